The van der Waals surface area contributed by atoms with Gasteiger partial charge in [-0.05, 0) is 0 Å². The molecule has 0 aliphatic heterocycles. The Morgan fingerprint density at radius 2 is 0.500 bits per heavy atom. The summed E-state index contributed by atoms with van der Waals surface area (Å²) < 4.78 is 0. The summed E-state index contributed by atoms with van der Waals surface area (Å²) in [5, 5.41) is 0. The minimum atomic E-state index is 0. The van der Waals surface area contributed by atoms with Crippen molar-refractivity contribution in [2.75, 3.05) is 0 Å². The van der Waals surface area contributed by atoms with Crippen LogP contribution in [0.1, 0.15) is 0 Å². The van der Waals surface area contributed by atoms with Crippen LogP contribution in [0.4, 0.5) is 0 Å². The SMILES string of the molecule is [CH3-].[CH3-].[NH2-].[NH2-].[NH2-].[PtH]. The molecular formula is C2H13N3Pt-5. The van der Waals surface area contributed by atoms with Crippen LogP contribution in [0.2, 0.25) is 0 Å². The van der Waals surface area contributed by atoms with E-state index in [1.54, 1.807) is 0 Å². The summed E-state index contributed by atoms with van der Waals surface area (Å²) in [7, 11) is 0. The van der Waals surface area contributed by atoms with Gasteiger partial charge in [0, 0.05) is 0 Å². The van der Waals surface area contributed by atoms with Gasteiger partial charge in [-0.3, -0.25) is 0 Å². The molecule has 0 aliphatic rings. The molecule has 0 radical (unpaired) electrons. The topological polar surface area (TPSA) is 100 Å². The molecular weight excluding hydrogens is 261 g/mol. The van der Waals surface area contributed by atoms with E-state index in [0.29, 0.717) is 0 Å². The van der Waals surface area contributed by atoms with Crippen molar-refractivity contribution in [3.63, 3.8) is 0 Å². The molecule has 51 valence electrons. The molecule has 6 heavy (non-hydrogen) atoms. The zero-order valence-electron chi connectivity index (χ0n) is 4.07. The Kier molecular flexibility index (Phi) is 37800. The molecule has 0 bridgehead atoms. The third-order valence-electron chi connectivity index (χ3n) is 0. The second kappa shape index (κ2) is 360. The summed E-state index contributed by atoms with van der Waals surface area (Å²) in [5.74, 6) is 0. The summed E-state index contributed by atoms with van der Waals surface area (Å²) in [5.41, 5.74) is 0. The first-order chi connectivity index (χ1) is 0. The molecule has 0 heterocycles. The van der Waals surface area contributed by atoms with Crippen molar-refractivity contribution >= 4 is 0 Å². The van der Waals surface area contributed by atoms with E-state index in [0.717, 1.165) is 0 Å². The van der Waals surface area contributed by atoms with Crippen molar-refractivity contribution in [2.45, 2.75) is 0 Å². The van der Waals surface area contributed by atoms with Gasteiger partial charge in [0.2, 0.25) is 0 Å². The third-order valence-corrected chi connectivity index (χ3v) is 0. The first kappa shape index (κ1) is 631. The predicted octanol–water partition coefficient (Wildman–Crippen LogP) is 2.78. The van der Waals surface area contributed by atoms with Gasteiger partial charge < -0.3 is 33.3 Å². The second-order valence-electron chi connectivity index (χ2n) is 0. The number of rotatable bonds is 0. The maximum atomic E-state index is 0. The van der Waals surface area contributed by atoms with Crippen molar-refractivity contribution < 1.29 is 21.1 Å². The molecule has 0 atom stereocenters. The molecule has 0 aromatic rings. The number of nitrogens with two attached hydrogens (primary N) is 3. The van der Waals surface area contributed by atoms with Crippen LogP contribution in [-0.2, 0) is 21.1 Å². The number of hydrogen-bond acceptors (Lipinski definition) is 0. The van der Waals surface area contributed by atoms with Crippen LogP contribution in [0.3, 0.4) is 0 Å². The van der Waals surface area contributed by atoms with E-state index in [-0.39, 0.29) is 54.4 Å². The normalized spacial score (nSPS) is 0. The Bertz CT molecular complexity index is 8.75. The third kappa shape index (κ3) is 180. The number of hydrogen-bond donors (Lipinski definition) is 0. The standard InChI is InChI=1S/2CH3.3H2N.Pt.H/h2*1H3;3*1H2;;/q5*-1;;. The van der Waals surface area contributed by atoms with E-state index in [4.69, 9.17) is 0 Å². The van der Waals surface area contributed by atoms with Gasteiger partial charge in [-0.25, -0.2) is 0 Å². The van der Waals surface area contributed by atoms with Gasteiger partial charge in [-0.2, -0.15) is 0 Å². The van der Waals surface area contributed by atoms with Gasteiger partial charge in [-0.15, -0.1) is 0 Å². The van der Waals surface area contributed by atoms with Gasteiger partial charge in [-0.1, -0.05) is 0 Å². The van der Waals surface area contributed by atoms with Crippen LogP contribution in [0, 0.1) is 14.9 Å². The molecule has 0 saturated heterocycles. The molecule has 0 amide bonds. The Hall–Kier alpha value is 0.568. The van der Waals surface area contributed by atoms with Gasteiger partial charge in [0.25, 0.3) is 0 Å². The van der Waals surface area contributed by atoms with Gasteiger partial charge in [0.15, 0.2) is 0 Å². The van der Waals surface area contributed by atoms with Gasteiger partial charge in [0.1, 0.15) is 0 Å². The summed E-state index contributed by atoms with van der Waals surface area (Å²) in [6.07, 6.45) is 0. The van der Waals surface area contributed by atoms with E-state index in [1.165, 1.54) is 0 Å². The van der Waals surface area contributed by atoms with E-state index < -0.39 is 0 Å². The molecule has 0 rings (SSSR count). The Morgan fingerprint density at radius 3 is 0.500 bits per heavy atom. The monoisotopic (exact) mass is 274 g/mol. The summed E-state index contributed by atoms with van der Waals surface area (Å²) in [6.45, 7) is 0. The first-order valence-electron chi connectivity index (χ1n) is 0. The molecule has 0 unspecified atom stereocenters. The molecule has 0 spiro atoms. The Balaban J connectivity index is 0. The molecule has 0 saturated carbocycles. The maximum absolute atomic E-state index is 0. The van der Waals surface area contributed by atoms with Gasteiger partial charge >= 0.3 is 21.1 Å². The van der Waals surface area contributed by atoms with E-state index in [2.05, 4.69) is 0 Å². The fourth-order valence-electron chi connectivity index (χ4n) is 0. The van der Waals surface area contributed by atoms with Crippen molar-refractivity contribution in [2.24, 2.45) is 0 Å². The first-order valence-corrected chi connectivity index (χ1v) is 0. The summed E-state index contributed by atoms with van der Waals surface area (Å²) >= 11 is 0. The van der Waals surface area contributed by atoms with Crippen LogP contribution in [-0.4, -0.2) is 0 Å². The van der Waals surface area contributed by atoms with Crippen molar-refractivity contribution in [1.82, 2.24) is 0 Å². The van der Waals surface area contributed by atoms with E-state index >= 15 is 0 Å². The van der Waals surface area contributed by atoms with Gasteiger partial charge in [0.05, 0.1) is 0 Å². The zero-order chi connectivity index (χ0) is 0. The summed E-state index contributed by atoms with van der Waals surface area (Å²) in [4.78, 5) is 0. The van der Waals surface area contributed by atoms with Crippen LogP contribution in [0.15, 0.2) is 0 Å². The predicted molar refractivity (Wildman–Crippen MR) is 30.1 cm³/mol. The van der Waals surface area contributed by atoms with E-state index in [1.807, 2.05) is 0 Å². The molecule has 0 aliphatic carbocycles. The molecule has 6 N–H and O–H groups in total. The van der Waals surface area contributed by atoms with Crippen molar-refractivity contribution in [3.8, 4) is 0 Å². The minimum absolute atomic E-state index is 0. The molecule has 0 aromatic carbocycles. The van der Waals surface area contributed by atoms with Crippen LogP contribution < -0.4 is 0 Å². The summed E-state index contributed by atoms with van der Waals surface area (Å²) in [6, 6.07) is 0. The quantitative estimate of drug-likeness (QED) is 0.606. The fourth-order valence-corrected chi connectivity index (χ4v) is 0. The average molecular weight is 274 g/mol. The van der Waals surface area contributed by atoms with Crippen LogP contribution in [0.25, 0.3) is 18.5 Å². The van der Waals surface area contributed by atoms with Crippen LogP contribution >= 0.6 is 0 Å². The van der Waals surface area contributed by atoms with E-state index in [9.17, 15) is 0 Å². The fraction of sp³-hybridized carbons (Fsp3) is 0. The average Bonchev–Trinajstić information content (AvgIpc) is 0. The van der Waals surface area contributed by atoms with Crippen molar-refractivity contribution in [1.29, 1.82) is 0 Å². The Labute approximate surface area is 54.9 Å². The zero-order valence-corrected chi connectivity index (χ0v) is 6.46. The second-order valence-corrected chi connectivity index (χ2v) is 0. The van der Waals surface area contributed by atoms with Crippen LogP contribution in [0.5, 0.6) is 0 Å². The molecule has 0 fully saturated rings. The molecule has 0 aromatic heterocycles. The molecule has 4 heteroatoms. The Morgan fingerprint density at radius 1 is 0.500 bits per heavy atom. The van der Waals surface area contributed by atoms with Crippen molar-refractivity contribution in [3.05, 3.63) is 33.3 Å². The molecule has 3 nitrogen and oxygen atoms in total.